The minimum absolute atomic E-state index is 0.227. The Labute approximate surface area is 133 Å². The van der Waals surface area contributed by atoms with E-state index in [1.54, 1.807) is 12.1 Å². The van der Waals surface area contributed by atoms with Crippen molar-refractivity contribution in [3.63, 3.8) is 0 Å². The van der Waals surface area contributed by atoms with Gasteiger partial charge in [0, 0.05) is 13.8 Å². The number of hydrogen-bond donors (Lipinski definition) is 0. The molecule has 1 aromatic rings. The minimum atomic E-state index is -0.883. The maximum absolute atomic E-state index is 11.9. The van der Waals surface area contributed by atoms with Crippen molar-refractivity contribution in [1.29, 1.82) is 0 Å². The maximum Gasteiger partial charge on any atom is 0.305 e. The molecule has 0 aliphatic carbocycles. The summed E-state index contributed by atoms with van der Waals surface area (Å²) in [6.07, 6.45) is 2.57. The van der Waals surface area contributed by atoms with Gasteiger partial charge in [-0.1, -0.05) is 0 Å². The smallest absolute Gasteiger partial charge is 0.305 e. The zero-order valence-electron chi connectivity index (χ0n) is 12.9. The summed E-state index contributed by atoms with van der Waals surface area (Å²) >= 11 is 0. The molecule has 7 nitrogen and oxygen atoms in total. The molecule has 0 aromatic carbocycles. The number of carbonyl (C=O) groups excluding carboxylic acids is 3. The van der Waals surface area contributed by atoms with E-state index in [9.17, 15) is 14.4 Å². The molecule has 23 heavy (non-hydrogen) atoms. The zero-order valence-corrected chi connectivity index (χ0v) is 12.9. The first-order chi connectivity index (χ1) is 11.0. The number of ketones is 1. The van der Waals surface area contributed by atoms with Crippen LogP contribution in [0.2, 0.25) is 0 Å². The lowest BCUT2D eigenvalue weighted by Crippen LogP contribution is -2.34. The highest BCUT2D eigenvalue weighted by atomic mass is 16.7. The van der Waals surface area contributed by atoms with E-state index in [2.05, 4.69) is 0 Å². The molecule has 1 aliphatic rings. The minimum Gasteiger partial charge on any atom is -0.465 e. The lowest BCUT2D eigenvalue weighted by molar-refractivity contribution is -0.181. The van der Waals surface area contributed by atoms with Gasteiger partial charge in [-0.05, 0) is 37.1 Å². The average Bonchev–Trinajstić information content (AvgIpc) is 2.99. The molecule has 124 valence electrons. The number of rotatable bonds is 6. The molecule has 0 spiro atoms. The Balaban J connectivity index is 1.96. The van der Waals surface area contributed by atoms with Crippen molar-refractivity contribution >= 4 is 17.7 Å². The summed E-state index contributed by atoms with van der Waals surface area (Å²) in [4.78, 5) is 34.0. The predicted octanol–water partition coefficient (Wildman–Crippen LogP) is 2.08. The lowest BCUT2D eigenvalue weighted by atomic mass is 10.0. The van der Waals surface area contributed by atoms with E-state index < -0.39 is 30.4 Å². The average molecular weight is 322 g/mol. The van der Waals surface area contributed by atoms with E-state index in [1.165, 1.54) is 32.3 Å². The second-order valence-corrected chi connectivity index (χ2v) is 5.05. The highest BCUT2D eigenvalue weighted by Gasteiger charge is 2.29. The van der Waals surface area contributed by atoms with Crippen LogP contribution in [-0.2, 0) is 28.6 Å². The molecule has 1 unspecified atom stereocenters. The fourth-order valence-electron chi connectivity index (χ4n) is 2.23. The van der Waals surface area contributed by atoms with Crippen LogP contribution < -0.4 is 0 Å². The van der Waals surface area contributed by atoms with Crippen molar-refractivity contribution in [1.82, 2.24) is 0 Å². The molecule has 3 atom stereocenters. The Morgan fingerprint density at radius 1 is 1.30 bits per heavy atom. The van der Waals surface area contributed by atoms with Crippen LogP contribution >= 0.6 is 0 Å². The molecule has 1 aliphatic heterocycles. The molecule has 0 amide bonds. The summed E-state index contributed by atoms with van der Waals surface area (Å²) in [6, 6.07) is 3.38. The molecule has 0 fully saturated rings. The largest absolute Gasteiger partial charge is 0.465 e. The topological polar surface area (TPSA) is 92.0 Å². The second kappa shape index (κ2) is 7.73. The second-order valence-electron chi connectivity index (χ2n) is 5.05. The van der Waals surface area contributed by atoms with Crippen LogP contribution in [0.4, 0.5) is 0 Å². The van der Waals surface area contributed by atoms with E-state index in [0.29, 0.717) is 18.6 Å². The molecule has 1 aromatic heterocycles. The van der Waals surface area contributed by atoms with Gasteiger partial charge in [0.1, 0.15) is 11.9 Å². The van der Waals surface area contributed by atoms with Crippen molar-refractivity contribution in [2.75, 3.05) is 0 Å². The summed E-state index contributed by atoms with van der Waals surface area (Å²) in [5.41, 5.74) is 0. The van der Waals surface area contributed by atoms with Crippen molar-refractivity contribution in [3.05, 3.63) is 36.3 Å². The van der Waals surface area contributed by atoms with Crippen LogP contribution in [0.1, 0.15) is 38.6 Å². The van der Waals surface area contributed by atoms with Crippen molar-refractivity contribution in [2.45, 2.75) is 45.2 Å². The van der Waals surface area contributed by atoms with E-state index in [-0.39, 0.29) is 5.78 Å². The Morgan fingerprint density at radius 3 is 2.70 bits per heavy atom. The molecule has 7 heteroatoms. The van der Waals surface area contributed by atoms with Gasteiger partial charge >= 0.3 is 11.9 Å². The SMILES string of the molecule is CC(=O)OC1C=CC(=O)[C@H](CC[C@@H](OC(C)=O)c2ccco2)O1. The molecule has 0 N–H and O–H groups in total. The maximum atomic E-state index is 11.9. The van der Waals surface area contributed by atoms with Gasteiger partial charge < -0.3 is 18.6 Å². The van der Waals surface area contributed by atoms with Gasteiger partial charge in [0.15, 0.2) is 11.9 Å². The van der Waals surface area contributed by atoms with Crippen molar-refractivity contribution in [3.8, 4) is 0 Å². The first kappa shape index (κ1) is 17.0. The van der Waals surface area contributed by atoms with Gasteiger partial charge in [0.2, 0.25) is 6.29 Å². The van der Waals surface area contributed by atoms with Gasteiger partial charge in [0.05, 0.1) is 6.26 Å². The standard InChI is InChI=1S/C16H18O7/c1-10(17)21-15(14-4-3-9-20-14)7-6-13-12(19)5-8-16(23-13)22-11(2)18/h3-5,8-9,13,15-16H,6-7H2,1-2H3/t13-,15+,16?/m0/s1. The van der Waals surface area contributed by atoms with Crippen LogP contribution in [0, 0.1) is 0 Å². The predicted molar refractivity (Wildman–Crippen MR) is 77.0 cm³/mol. The van der Waals surface area contributed by atoms with Gasteiger partial charge in [-0.3, -0.25) is 14.4 Å². The van der Waals surface area contributed by atoms with E-state index in [4.69, 9.17) is 18.6 Å². The van der Waals surface area contributed by atoms with Crippen LogP contribution in [0.3, 0.4) is 0 Å². The molecule has 2 heterocycles. The molecular weight excluding hydrogens is 304 g/mol. The third-order valence-corrected chi connectivity index (χ3v) is 3.18. The van der Waals surface area contributed by atoms with Gasteiger partial charge in [0.25, 0.3) is 0 Å². The normalized spacial score (nSPS) is 21.7. The Bertz CT molecular complexity index is 588. The summed E-state index contributed by atoms with van der Waals surface area (Å²) in [5, 5.41) is 0. The highest BCUT2D eigenvalue weighted by Crippen LogP contribution is 2.26. The number of ether oxygens (including phenoxy) is 3. The first-order valence-corrected chi connectivity index (χ1v) is 7.21. The van der Waals surface area contributed by atoms with E-state index in [1.807, 2.05) is 0 Å². The molecule has 2 rings (SSSR count). The third-order valence-electron chi connectivity index (χ3n) is 3.18. The zero-order chi connectivity index (χ0) is 16.8. The Hall–Kier alpha value is -2.41. The lowest BCUT2D eigenvalue weighted by Gasteiger charge is -2.25. The fraction of sp³-hybridized carbons (Fsp3) is 0.438. The van der Waals surface area contributed by atoms with Gasteiger partial charge in [-0.2, -0.15) is 0 Å². The monoisotopic (exact) mass is 322 g/mol. The number of hydrogen-bond acceptors (Lipinski definition) is 7. The van der Waals surface area contributed by atoms with E-state index in [0.717, 1.165) is 0 Å². The van der Waals surface area contributed by atoms with Crippen LogP contribution in [0.15, 0.2) is 35.0 Å². The molecule has 0 saturated carbocycles. The molecule has 0 radical (unpaired) electrons. The Morgan fingerprint density at radius 2 is 2.09 bits per heavy atom. The van der Waals surface area contributed by atoms with Gasteiger partial charge in [-0.25, -0.2) is 0 Å². The quantitative estimate of drug-likeness (QED) is 0.740. The molecule has 0 bridgehead atoms. The van der Waals surface area contributed by atoms with Crippen molar-refractivity contribution in [2.24, 2.45) is 0 Å². The van der Waals surface area contributed by atoms with Crippen LogP contribution in [0.25, 0.3) is 0 Å². The summed E-state index contributed by atoms with van der Waals surface area (Å²) in [7, 11) is 0. The summed E-state index contributed by atoms with van der Waals surface area (Å²) in [6.45, 7) is 2.56. The number of esters is 2. The first-order valence-electron chi connectivity index (χ1n) is 7.21. The van der Waals surface area contributed by atoms with Gasteiger partial charge in [-0.15, -0.1) is 0 Å². The van der Waals surface area contributed by atoms with Crippen LogP contribution in [0.5, 0.6) is 0 Å². The van der Waals surface area contributed by atoms with Crippen molar-refractivity contribution < 1.29 is 33.0 Å². The summed E-state index contributed by atoms with van der Waals surface area (Å²) in [5.74, 6) is -0.675. The third kappa shape index (κ3) is 5.07. The van der Waals surface area contributed by atoms with E-state index >= 15 is 0 Å². The number of carbonyl (C=O) groups is 3. The highest BCUT2D eigenvalue weighted by molar-refractivity contribution is 5.94. The number of furan rings is 1. The Kier molecular flexibility index (Phi) is 5.70. The molecular formula is C16H18O7. The van der Waals surface area contributed by atoms with Crippen LogP contribution in [-0.4, -0.2) is 30.1 Å². The fourth-order valence-corrected chi connectivity index (χ4v) is 2.23. The summed E-state index contributed by atoms with van der Waals surface area (Å²) < 4.78 is 20.8. The molecule has 0 saturated heterocycles.